The van der Waals surface area contributed by atoms with Gasteiger partial charge in [0.05, 0.1) is 29.9 Å². The number of aromatic nitrogens is 2. The van der Waals surface area contributed by atoms with Crippen molar-refractivity contribution in [2.75, 3.05) is 18.4 Å². The summed E-state index contributed by atoms with van der Waals surface area (Å²) in [5, 5.41) is 16.4. The molecule has 3 aromatic carbocycles. The lowest BCUT2D eigenvalue weighted by Gasteiger charge is -2.33. The van der Waals surface area contributed by atoms with Gasteiger partial charge in [-0.2, -0.15) is 5.26 Å². The third kappa shape index (κ3) is 5.72. The summed E-state index contributed by atoms with van der Waals surface area (Å²) in [6, 6.07) is 35.4. The van der Waals surface area contributed by atoms with Gasteiger partial charge >= 0.3 is 0 Å². The van der Waals surface area contributed by atoms with Crippen molar-refractivity contribution in [2.24, 2.45) is 0 Å². The first-order valence-electron chi connectivity index (χ1n) is 14.0. The number of fused-ring (bicyclic) bond motifs is 1. The van der Waals surface area contributed by atoms with E-state index < -0.39 is 0 Å². The summed E-state index contributed by atoms with van der Waals surface area (Å²) in [6.07, 6.45) is 2.62. The molecule has 0 saturated carbocycles. The first-order chi connectivity index (χ1) is 20.1. The molecular formula is C35H33N5O. The van der Waals surface area contributed by atoms with Gasteiger partial charge in [0.15, 0.2) is 0 Å². The molecule has 1 aliphatic heterocycles. The van der Waals surface area contributed by atoms with Gasteiger partial charge in [-0.1, -0.05) is 54.6 Å². The third-order valence-corrected chi connectivity index (χ3v) is 7.73. The zero-order chi connectivity index (χ0) is 28.2. The second kappa shape index (κ2) is 11.7. The fraction of sp³-hybridized carbons (Fsp3) is 0.200. The minimum absolute atomic E-state index is 0.00940. The number of benzene rings is 3. The standard InChI is InChI=1S/C35H33N5O/c1-24-8-9-25(2)40(24)31-16-14-28(15-17-31)30-20-32-35(39-22-30)41-33(23-38-32)34(29-6-4-3-5-7-29)37-19-18-26-10-12-27(21-36)13-11-26/h3-17,20,22,33-34,37-38H,18-19,23H2,1-2H3/t33-,34+/m0/s1. The van der Waals surface area contributed by atoms with E-state index in [2.05, 4.69) is 102 Å². The molecule has 41 heavy (non-hydrogen) atoms. The predicted octanol–water partition coefficient (Wildman–Crippen LogP) is 6.77. The van der Waals surface area contributed by atoms with Gasteiger partial charge in [-0.05, 0) is 86.0 Å². The van der Waals surface area contributed by atoms with Crippen LogP contribution in [0.15, 0.2) is 103 Å². The number of rotatable bonds is 8. The van der Waals surface area contributed by atoms with Gasteiger partial charge in [0.25, 0.3) is 0 Å². The number of aryl methyl sites for hydroxylation is 2. The molecule has 0 radical (unpaired) electrons. The van der Waals surface area contributed by atoms with Crippen molar-refractivity contribution in [1.82, 2.24) is 14.9 Å². The summed E-state index contributed by atoms with van der Waals surface area (Å²) in [7, 11) is 0. The monoisotopic (exact) mass is 539 g/mol. The van der Waals surface area contributed by atoms with E-state index in [4.69, 9.17) is 15.0 Å². The van der Waals surface area contributed by atoms with Gasteiger partial charge in [-0.25, -0.2) is 4.98 Å². The Morgan fingerprint density at radius 2 is 1.68 bits per heavy atom. The van der Waals surface area contributed by atoms with Gasteiger partial charge in [0, 0.05) is 28.8 Å². The molecule has 0 fully saturated rings. The van der Waals surface area contributed by atoms with E-state index in [0.29, 0.717) is 18.0 Å². The van der Waals surface area contributed by atoms with Crippen LogP contribution in [0, 0.1) is 25.2 Å². The van der Waals surface area contributed by atoms with Crippen LogP contribution < -0.4 is 15.4 Å². The average Bonchev–Trinajstić information content (AvgIpc) is 3.37. The van der Waals surface area contributed by atoms with E-state index in [-0.39, 0.29) is 12.1 Å². The molecule has 6 heteroatoms. The van der Waals surface area contributed by atoms with Gasteiger partial charge in [-0.15, -0.1) is 0 Å². The largest absolute Gasteiger partial charge is 0.469 e. The fourth-order valence-electron chi connectivity index (χ4n) is 5.53. The zero-order valence-corrected chi connectivity index (χ0v) is 23.3. The molecule has 1 aliphatic rings. The summed E-state index contributed by atoms with van der Waals surface area (Å²) < 4.78 is 8.75. The molecule has 0 aliphatic carbocycles. The van der Waals surface area contributed by atoms with E-state index >= 15 is 0 Å². The predicted molar refractivity (Wildman–Crippen MR) is 163 cm³/mol. The molecule has 0 amide bonds. The number of nitriles is 1. The molecule has 0 spiro atoms. The minimum Gasteiger partial charge on any atom is -0.469 e. The molecule has 0 bridgehead atoms. The van der Waals surface area contributed by atoms with Crippen LogP contribution in [-0.2, 0) is 6.42 Å². The Morgan fingerprint density at radius 3 is 2.39 bits per heavy atom. The fourth-order valence-corrected chi connectivity index (χ4v) is 5.53. The number of hydrogen-bond donors (Lipinski definition) is 2. The van der Waals surface area contributed by atoms with Crippen molar-refractivity contribution in [3.63, 3.8) is 0 Å². The lowest BCUT2D eigenvalue weighted by Crippen LogP contribution is -2.43. The van der Waals surface area contributed by atoms with Crippen LogP contribution in [0.4, 0.5) is 5.69 Å². The van der Waals surface area contributed by atoms with Crippen LogP contribution in [0.5, 0.6) is 5.88 Å². The van der Waals surface area contributed by atoms with Gasteiger partial charge in [0.2, 0.25) is 5.88 Å². The highest BCUT2D eigenvalue weighted by Crippen LogP contribution is 2.34. The maximum absolute atomic E-state index is 9.06. The highest BCUT2D eigenvalue weighted by molar-refractivity contribution is 5.71. The van der Waals surface area contributed by atoms with Crippen LogP contribution >= 0.6 is 0 Å². The molecule has 204 valence electrons. The first kappa shape index (κ1) is 26.4. The average molecular weight is 540 g/mol. The van der Waals surface area contributed by atoms with E-state index in [0.717, 1.165) is 35.5 Å². The number of nitrogens with zero attached hydrogens (tertiary/aromatic N) is 3. The molecule has 6 nitrogen and oxygen atoms in total. The molecule has 2 aromatic heterocycles. The quantitative estimate of drug-likeness (QED) is 0.228. The summed E-state index contributed by atoms with van der Waals surface area (Å²) in [6.45, 7) is 5.69. The Hall–Kier alpha value is -4.86. The Kier molecular flexibility index (Phi) is 7.53. The molecule has 5 aromatic rings. The highest BCUT2D eigenvalue weighted by atomic mass is 16.5. The Bertz CT molecular complexity index is 1650. The molecule has 2 N–H and O–H groups in total. The second-order valence-corrected chi connectivity index (χ2v) is 10.5. The number of pyridine rings is 1. The third-order valence-electron chi connectivity index (χ3n) is 7.73. The molecular weight excluding hydrogens is 506 g/mol. The lowest BCUT2D eigenvalue weighted by molar-refractivity contribution is 0.150. The smallest absolute Gasteiger partial charge is 0.237 e. The molecule has 6 rings (SSSR count). The minimum atomic E-state index is -0.128. The highest BCUT2D eigenvalue weighted by Gasteiger charge is 2.29. The van der Waals surface area contributed by atoms with Crippen molar-refractivity contribution in [2.45, 2.75) is 32.4 Å². The first-order valence-corrected chi connectivity index (χ1v) is 14.0. The number of ether oxygens (including phenoxy) is 1. The maximum atomic E-state index is 9.06. The van der Waals surface area contributed by atoms with Crippen molar-refractivity contribution >= 4 is 5.69 Å². The Balaban J connectivity index is 1.16. The van der Waals surface area contributed by atoms with E-state index in [1.807, 2.05) is 36.5 Å². The van der Waals surface area contributed by atoms with Crippen molar-refractivity contribution < 1.29 is 4.74 Å². The van der Waals surface area contributed by atoms with Crippen molar-refractivity contribution in [3.8, 4) is 28.8 Å². The normalized spacial score (nSPS) is 14.8. The van der Waals surface area contributed by atoms with E-state index in [9.17, 15) is 0 Å². The van der Waals surface area contributed by atoms with Crippen LogP contribution in [0.1, 0.15) is 34.1 Å². The number of hydrogen-bond acceptors (Lipinski definition) is 5. The zero-order valence-electron chi connectivity index (χ0n) is 23.3. The second-order valence-electron chi connectivity index (χ2n) is 10.5. The number of anilines is 1. The van der Waals surface area contributed by atoms with Gasteiger partial charge in [0.1, 0.15) is 6.10 Å². The van der Waals surface area contributed by atoms with Crippen LogP contribution in [0.25, 0.3) is 16.8 Å². The van der Waals surface area contributed by atoms with E-state index in [1.54, 1.807) is 0 Å². The van der Waals surface area contributed by atoms with Crippen LogP contribution in [-0.4, -0.2) is 28.7 Å². The number of nitrogens with one attached hydrogen (secondary N) is 2. The lowest BCUT2D eigenvalue weighted by atomic mass is 9.99. The topological polar surface area (TPSA) is 74.9 Å². The van der Waals surface area contributed by atoms with Crippen molar-refractivity contribution in [1.29, 1.82) is 5.26 Å². The van der Waals surface area contributed by atoms with Gasteiger partial charge in [-0.3, -0.25) is 0 Å². The summed E-state index contributed by atoms with van der Waals surface area (Å²) in [5.74, 6) is 0.620. The molecule has 3 heterocycles. The maximum Gasteiger partial charge on any atom is 0.237 e. The van der Waals surface area contributed by atoms with Crippen molar-refractivity contribution in [3.05, 3.63) is 131 Å². The SMILES string of the molecule is Cc1ccc(C)n1-c1ccc(-c2cnc3c(c2)NC[C@@H]([C@H](NCCc2ccc(C#N)cc2)c2ccccc2)O3)cc1. The molecule has 0 unspecified atom stereocenters. The van der Waals surface area contributed by atoms with Gasteiger partial charge < -0.3 is 19.9 Å². The molecule has 0 saturated heterocycles. The summed E-state index contributed by atoms with van der Waals surface area (Å²) >= 11 is 0. The Labute approximate surface area is 241 Å². The summed E-state index contributed by atoms with van der Waals surface area (Å²) in [5.41, 5.74) is 9.71. The van der Waals surface area contributed by atoms with Crippen LogP contribution in [0.3, 0.4) is 0 Å². The van der Waals surface area contributed by atoms with Crippen LogP contribution in [0.2, 0.25) is 0 Å². The van der Waals surface area contributed by atoms with E-state index in [1.165, 1.54) is 22.5 Å². The Morgan fingerprint density at radius 1 is 0.951 bits per heavy atom. The molecule has 2 atom stereocenters. The summed E-state index contributed by atoms with van der Waals surface area (Å²) in [4.78, 5) is 4.72.